The molecule has 6 rings (SSSR count). The van der Waals surface area contributed by atoms with E-state index in [0.29, 0.717) is 23.6 Å². The first-order chi connectivity index (χ1) is 23.5. The summed E-state index contributed by atoms with van der Waals surface area (Å²) in [5.74, 6) is 0.00821. The van der Waals surface area contributed by atoms with Gasteiger partial charge in [-0.15, -0.1) is 11.8 Å². The molecule has 7 nitrogen and oxygen atoms in total. The summed E-state index contributed by atoms with van der Waals surface area (Å²) in [6.07, 6.45) is 3.36. The summed E-state index contributed by atoms with van der Waals surface area (Å²) in [5, 5.41) is 5.70. The minimum Gasteiger partial charge on any atom is -0.494 e. The molecule has 8 heteroatoms. The SMILES string of the molecule is CCOc1ccc(/C=C(\NC(=O)c2ccccc2)C(=O)Nc2cccc(SCC(=O)N3c4ccccc4CCc4ccccc43)c2)cc1. The molecular formula is C40H35N3O4S. The maximum atomic E-state index is 13.8. The lowest BCUT2D eigenvalue weighted by atomic mass is 10.0. The van der Waals surface area contributed by atoms with Gasteiger partial charge in [0, 0.05) is 16.1 Å². The molecule has 48 heavy (non-hydrogen) atoms. The van der Waals surface area contributed by atoms with Gasteiger partial charge in [0.1, 0.15) is 11.4 Å². The number of ether oxygens (including phenoxy) is 1. The number of nitrogens with one attached hydrogen (secondary N) is 2. The Hall–Kier alpha value is -5.60. The molecular weight excluding hydrogens is 619 g/mol. The summed E-state index contributed by atoms with van der Waals surface area (Å²) in [4.78, 5) is 43.2. The van der Waals surface area contributed by atoms with Crippen molar-refractivity contribution in [1.82, 2.24) is 5.32 Å². The highest BCUT2D eigenvalue weighted by atomic mass is 32.2. The minimum absolute atomic E-state index is 0.0274. The lowest BCUT2D eigenvalue weighted by Gasteiger charge is -2.25. The van der Waals surface area contributed by atoms with E-state index >= 15 is 0 Å². The standard InChI is InChI=1S/C40H35N3O4S/c1-2-47-33-23-19-28(20-24-33)25-35(42-39(45)31-13-4-3-5-14-31)40(46)41-32-15-10-16-34(26-32)48-27-38(44)43-36-17-8-6-11-29(36)21-22-30-12-7-9-18-37(30)43/h3-20,23-26H,2,21-22,27H2,1H3,(H,41,46)(H,42,45)/b35-25-. The maximum absolute atomic E-state index is 13.8. The van der Waals surface area contributed by atoms with Gasteiger partial charge in [-0.2, -0.15) is 0 Å². The lowest BCUT2D eigenvalue weighted by molar-refractivity contribution is -0.115. The second kappa shape index (κ2) is 15.3. The van der Waals surface area contributed by atoms with Gasteiger partial charge in [0.2, 0.25) is 5.91 Å². The third-order valence-electron chi connectivity index (χ3n) is 7.86. The molecule has 0 radical (unpaired) electrons. The number of benzene rings is 5. The molecule has 0 unspecified atom stereocenters. The van der Waals surface area contributed by atoms with Crippen LogP contribution in [0.25, 0.3) is 6.08 Å². The second-order valence-electron chi connectivity index (χ2n) is 11.1. The van der Waals surface area contributed by atoms with Crippen molar-refractivity contribution in [3.63, 3.8) is 0 Å². The minimum atomic E-state index is -0.482. The summed E-state index contributed by atoms with van der Waals surface area (Å²) < 4.78 is 5.54. The van der Waals surface area contributed by atoms with Crippen molar-refractivity contribution in [2.24, 2.45) is 0 Å². The van der Waals surface area contributed by atoms with Crippen molar-refractivity contribution in [3.05, 3.63) is 155 Å². The van der Waals surface area contributed by atoms with Crippen LogP contribution < -0.4 is 20.3 Å². The number of anilines is 3. The van der Waals surface area contributed by atoms with E-state index in [0.717, 1.165) is 45.8 Å². The van der Waals surface area contributed by atoms with E-state index in [1.165, 1.54) is 11.8 Å². The molecule has 3 amide bonds. The fourth-order valence-electron chi connectivity index (χ4n) is 5.56. The highest BCUT2D eigenvalue weighted by Crippen LogP contribution is 2.37. The Balaban J connectivity index is 1.19. The Labute approximate surface area is 284 Å². The molecule has 0 saturated carbocycles. The number of amides is 3. The van der Waals surface area contributed by atoms with Crippen LogP contribution in [0.2, 0.25) is 0 Å². The first-order valence-corrected chi connectivity index (χ1v) is 16.8. The Morgan fingerprint density at radius 2 is 1.42 bits per heavy atom. The molecule has 0 bridgehead atoms. The van der Waals surface area contributed by atoms with Gasteiger partial charge in [-0.05, 0) is 97.1 Å². The normalized spacial score (nSPS) is 12.3. The van der Waals surface area contributed by atoms with E-state index in [-0.39, 0.29) is 17.4 Å². The van der Waals surface area contributed by atoms with Crippen LogP contribution in [0.5, 0.6) is 5.75 Å². The number of nitrogens with zero attached hydrogens (tertiary/aromatic N) is 1. The third kappa shape index (κ3) is 7.85. The molecule has 5 aromatic rings. The van der Waals surface area contributed by atoms with Gasteiger partial charge in [-0.1, -0.05) is 72.8 Å². The van der Waals surface area contributed by atoms with Crippen molar-refractivity contribution in [2.45, 2.75) is 24.7 Å². The van der Waals surface area contributed by atoms with E-state index in [2.05, 4.69) is 22.8 Å². The van der Waals surface area contributed by atoms with Gasteiger partial charge >= 0.3 is 0 Å². The van der Waals surface area contributed by atoms with Crippen LogP contribution in [0.4, 0.5) is 17.1 Å². The Kier molecular flexibility index (Phi) is 10.3. The highest BCUT2D eigenvalue weighted by molar-refractivity contribution is 8.00. The monoisotopic (exact) mass is 653 g/mol. The van der Waals surface area contributed by atoms with Crippen molar-refractivity contribution >= 4 is 52.6 Å². The lowest BCUT2D eigenvalue weighted by Crippen LogP contribution is -2.30. The van der Waals surface area contributed by atoms with Gasteiger partial charge in [0.25, 0.3) is 11.8 Å². The molecule has 1 aliphatic heterocycles. The van der Waals surface area contributed by atoms with Crippen LogP contribution >= 0.6 is 11.8 Å². The van der Waals surface area contributed by atoms with Crippen LogP contribution in [0.1, 0.15) is 34.0 Å². The molecule has 0 aliphatic carbocycles. The van der Waals surface area contributed by atoms with Crippen molar-refractivity contribution < 1.29 is 19.1 Å². The predicted molar refractivity (Wildman–Crippen MR) is 193 cm³/mol. The van der Waals surface area contributed by atoms with E-state index in [9.17, 15) is 14.4 Å². The summed E-state index contributed by atoms with van der Waals surface area (Å²) in [6, 6.07) is 39.5. The van der Waals surface area contributed by atoms with E-state index in [4.69, 9.17) is 4.74 Å². The molecule has 0 atom stereocenters. The number of carbonyl (C=O) groups is 3. The molecule has 1 heterocycles. The fraction of sp³-hybridized carbons (Fsp3) is 0.125. The molecule has 2 N–H and O–H groups in total. The number of hydrogen-bond donors (Lipinski definition) is 2. The predicted octanol–water partition coefficient (Wildman–Crippen LogP) is 8.05. The molecule has 0 spiro atoms. The van der Waals surface area contributed by atoms with Crippen LogP contribution in [-0.4, -0.2) is 30.1 Å². The summed E-state index contributed by atoms with van der Waals surface area (Å²) in [6.45, 7) is 2.45. The molecule has 0 saturated heterocycles. The topological polar surface area (TPSA) is 87.7 Å². The van der Waals surface area contributed by atoms with E-state index < -0.39 is 11.8 Å². The maximum Gasteiger partial charge on any atom is 0.272 e. The quantitative estimate of drug-likeness (QED) is 0.118. The average Bonchev–Trinajstić information content (AvgIpc) is 3.29. The zero-order valence-corrected chi connectivity index (χ0v) is 27.3. The number of aryl methyl sites for hydroxylation is 2. The Bertz CT molecular complexity index is 1910. The van der Waals surface area contributed by atoms with Crippen molar-refractivity contribution in [1.29, 1.82) is 0 Å². The van der Waals surface area contributed by atoms with Gasteiger partial charge in [0.15, 0.2) is 0 Å². The average molecular weight is 654 g/mol. The highest BCUT2D eigenvalue weighted by Gasteiger charge is 2.25. The zero-order valence-electron chi connectivity index (χ0n) is 26.5. The second-order valence-corrected chi connectivity index (χ2v) is 12.2. The Morgan fingerprint density at radius 1 is 0.771 bits per heavy atom. The van der Waals surface area contributed by atoms with Gasteiger partial charge in [0.05, 0.1) is 23.7 Å². The largest absolute Gasteiger partial charge is 0.494 e. The first kappa shape index (κ1) is 32.3. The van der Waals surface area contributed by atoms with Gasteiger partial charge in [-0.3, -0.25) is 19.3 Å². The molecule has 5 aromatic carbocycles. The van der Waals surface area contributed by atoms with E-state index in [1.54, 1.807) is 36.4 Å². The number of carbonyl (C=O) groups excluding carboxylic acids is 3. The number of fused-ring (bicyclic) bond motifs is 2. The molecule has 240 valence electrons. The van der Waals surface area contributed by atoms with Crippen molar-refractivity contribution in [2.75, 3.05) is 22.6 Å². The van der Waals surface area contributed by atoms with Crippen LogP contribution in [0, 0.1) is 0 Å². The zero-order chi connectivity index (χ0) is 33.3. The van der Waals surface area contributed by atoms with Crippen LogP contribution in [0.15, 0.2) is 138 Å². The smallest absolute Gasteiger partial charge is 0.272 e. The molecule has 1 aliphatic rings. The van der Waals surface area contributed by atoms with Crippen LogP contribution in [0.3, 0.4) is 0 Å². The molecule has 0 fully saturated rings. The van der Waals surface area contributed by atoms with Crippen molar-refractivity contribution in [3.8, 4) is 5.75 Å². The van der Waals surface area contributed by atoms with Gasteiger partial charge in [-0.25, -0.2) is 0 Å². The molecule has 0 aromatic heterocycles. The summed E-state index contributed by atoms with van der Waals surface area (Å²) >= 11 is 1.41. The summed E-state index contributed by atoms with van der Waals surface area (Å²) in [7, 11) is 0. The summed E-state index contributed by atoms with van der Waals surface area (Å²) in [5.41, 5.74) is 5.89. The number of thioether (sulfide) groups is 1. The third-order valence-corrected chi connectivity index (χ3v) is 8.84. The van der Waals surface area contributed by atoms with E-state index in [1.807, 2.05) is 96.8 Å². The number of hydrogen-bond acceptors (Lipinski definition) is 5. The first-order valence-electron chi connectivity index (χ1n) is 15.8. The number of para-hydroxylation sites is 2. The fourth-order valence-corrected chi connectivity index (χ4v) is 6.36. The van der Waals surface area contributed by atoms with Gasteiger partial charge < -0.3 is 15.4 Å². The number of rotatable bonds is 10. The van der Waals surface area contributed by atoms with Crippen LogP contribution in [-0.2, 0) is 22.4 Å². The Morgan fingerprint density at radius 3 is 2.08 bits per heavy atom.